The predicted molar refractivity (Wildman–Crippen MR) is 115 cm³/mol. The van der Waals surface area contributed by atoms with E-state index in [9.17, 15) is 9.59 Å². The zero-order chi connectivity index (χ0) is 21.1. The Morgan fingerprint density at radius 2 is 2.00 bits per heavy atom. The maximum atomic E-state index is 12.5. The first-order valence-electron chi connectivity index (χ1n) is 9.83. The van der Waals surface area contributed by atoms with Gasteiger partial charge in [0, 0.05) is 23.6 Å². The van der Waals surface area contributed by atoms with Crippen LogP contribution in [0.1, 0.15) is 22.3 Å². The monoisotopic (exact) mass is 474 g/mol. The molecule has 30 heavy (non-hydrogen) atoms. The van der Waals surface area contributed by atoms with Gasteiger partial charge in [-0.25, -0.2) is 9.59 Å². The molecule has 0 spiro atoms. The number of nitrogens with zero attached hydrogens (tertiary/aromatic N) is 2. The Kier molecular flexibility index (Phi) is 6.13. The molecule has 2 aliphatic heterocycles. The normalized spacial score (nSPS) is 17.9. The van der Waals surface area contributed by atoms with Crippen LogP contribution in [0, 0.1) is 0 Å². The molecule has 158 valence electrons. The summed E-state index contributed by atoms with van der Waals surface area (Å²) in [6.07, 6.45) is 0.518. The number of esters is 1. The summed E-state index contributed by atoms with van der Waals surface area (Å²) in [6, 6.07) is 13.4. The maximum absolute atomic E-state index is 12.5. The molecule has 2 heterocycles. The third-order valence-electron chi connectivity index (χ3n) is 5.42. The van der Waals surface area contributed by atoms with E-state index >= 15 is 0 Å². The van der Waals surface area contributed by atoms with Gasteiger partial charge < -0.3 is 24.0 Å². The van der Waals surface area contributed by atoms with E-state index in [0.717, 1.165) is 17.7 Å². The van der Waals surface area contributed by atoms with Crippen molar-refractivity contribution in [3.8, 4) is 5.75 Å². The number of likely N-dealkylation sites (tertiary alicyclic amines) is 1. The van der Waals surface area contributed by atoms with E-state index in [1.807, 2.05) is 30.3 Å². The van der Waals surface area contributed by atoms with Crippen molar-refractivity contribution in [1.82, 2.24) is 4.90 Å². The van der Waals surface area contributed by atoms with Crippen molar-refractivity contribution in [2.75, 3.05) is 38.3 Å². The van der Waals surface area contributed by atoms with Gasteiger partial charge in [-0.05, 0) is 40.0 Å². The minimum Gasteiger partial charge on any atom is -0.490 e. The largest absolute Gasteiger partial charge is 0.490 e. The lowest BCUT2D eigenvalue weighted by molar-refractivity contribution is 0.0599. The van der Waals surface area contributed by atoms with E-state index in [4.69, 9.17) is 14.2 Å². The number of rotatable bonds is 4. The van der Waals surface area contributed by atoms with Gasteiger partial charge >= 0.3 is 12.1 Å². The highest BCUT2D eigenvalue weighted by molar-refractivity contribution is 9.10. The molecule has 1 atom stereocenters. The number of fused-ring (bicyclic) bond motifs is 1. The fourth-order valence-electron chi connectivity index (χ4n) is 3.88. The molecular weight excluding hydrogens is 452 g/mol. The summed E-state index contributed by atoms with van der Waals surface area (Å²) in [6.45, 7) is 2.69. The highest BCUT2D eigenvalue weighted by atomic mass is 79.9. The van der Waals surface area contributed by atoms with E-state index in [1.54, 1.807) is 17.0 Å². The number of carbonyl (C=O) groups excluding carboxylic acids is 2. The molecule has 0 saturated carbocycles. The second-order valence-electron chi connectivity index (χ2n) is 7.26. The second kappa shape index (κ2) is 8.95. The molecule has 2 aliphatic rings. The summed E-state index contributed by atoms with van der Waals surface area (Å²) in [5.41, 5.74) is 2.25. The molecule has 1 saturated heterocycles. The number of carbonyl (C=O) groups is 2. The van der Waals surface area contributed by atoms with Crippen LogP contribution in [0.3, 0.4) is 0 Å². The number of anilines is 1. The van der Waals surface area contributed by atoms with Crippen molar-refractivity contribution in [1.29, 1.82) is 0 Å². The van der Waals surface area contributed by atoms with Gasteiger partial charge in [0.25, 0.3) is 0 Å². The first-order chi connectivity index (χ1) is 14.6. The minimum atomic E-state index is -0.410. The quantitative estimate of drug-likeness (QED) is 0.626. The number of benzene rings is 2. The molecule has 0 aromatic heterocycles. The van der Waals surface area contributed by atoms with Gasteiger partial charge in [-0.1, -0.05) is 30.3 Å². The summed E-state index contributed by atoms with van der Waals surface area (Å²) in [7, 11) is 1.36. The van der Waals surface area contributed by atoms with Crippen LogP contribution in [-0.4, -0.2) is 56.4 Å². The summed E-state index contributed by atoms with van der Waals surface area (Å²) < 4.78 is 16.8. The topological polar surface area (TPSA) is 68.3 Å². The molecule has 1 amide bonds. The van der Waals surface area contributed by atoms with Crippen molar-refractivity contribution in [2.24, 2.45) is 0 Å². The van der Waals surface area contributed by atoms with Crippen LogP contribution in [0.25, 0.3) is 0 Å². The van der Waals surface area contributed by atoms with Gasteiger partial charge in [-0.2, -0.15) is 0 Å². The van der Waals surface area contributed by atoms with Crippen molar-refractivity contribution in [3.05, 3.63) is 58.1 Å². The first kappa shape index (κ1) is 20.5. The summed E-state index contributed by atoms with van der Waals surface area (Å²) in [4.78, 5) is 28.6. The lowest BCUT2D eigenvalue weighted by Gasteiger charge is -2.36. The van der Waals surface area contributed by atoms with Crippen LogP contribution in [-0.2, 0) is 16.1 Å². The van der Waals surface area contributed by atoms with Gasteiger partial charge in [0.15, 0.2) is 0 Å². The number of amides is 1. The zero-order valence-corrected chi connectivity index (χ0v) is 18.3. The molecule has 2 aromatic rings. The highest BCUT2D eigenvalue weighted by Crippen LogP contribution is 2.39. The van der Waals surface area contributed by atoms with Gasteiger partial charge in [0.05, 0.1) is 24.9 Å². The molecule has 0 radical (unpaired) electrons. The average Bonchev–Trinajstić information content (AvgIpc) is 3.27. The second-order valence-corrected chi connectivity index (χ2v) is 8.12. The average molecular weight is 475 g/mol. The third-order valence-corrected chi connectivity index (χ3v) is 6.08. The zero-order valence-electron chi connectivity index (χ0n) is 16.7. The highest BCUT2D eigenvalue weighted by Gasteiger charge is 2.34. The number of methoxy groups -OCH3 is 1. The SMILES string of the molecule is COC(=O)c1cc2c(cc1Br)OCCN2C1CCN(C(=O)OCc2ccccc2)C1. The first-order valence-corrected chi connectivity index (χ1v) is 10.6. The fourth-order valence-corrected chi connectivity index (χ4v) is 4.36. The van der Waals surface area contributed by atoms with Crippen molar-refractivity contribution in [2.45, 2.75) is 19.1 Å². The van der Waals surface area contributed by atoms with Crippen LogP contribution in [0.5, 0.6) is 5.75 Å². The van der Waals surface area contributed by atoms with E-state index in [1.165, 1.54) is 7.11 Å². The Balaban J connectivity index is 1.45. The van der Waals surface area contributed by atoms with Crippen LogP contribution >= 0.6 is 15.9 Å². The van der Waals surface area contributed by atoms with Crippen LogP contribution in [0.4, 0.5) is 10.5 Å². The summed E-state index contributed by atoms with van der Waals surface area (Å²) in [5, 5.41) is 0. The number of hydrogen-bond donors (Lipinski definition) is 0. The lowest BCUT2D eigenvalue weighted by Crippen LogP contribution is -2.43. The molecule has 0 bridgehead atoms. The lowest BCUT2D eigenvalue weighted by atomic mass is 10.1. The van der Waals surface area contributed by atoms with Gasteiger partial charge in [0.1, 0.15) is 19.0 Å². The van der Waals surface area contributed by atoms with E-state index < -0.39 is 5.97 Å². The van der Waals surface area contributed by atoms with Crippen LogP contribution in [0.15, 0.2) is 46.9 Å². The van der Waals surface area contributed by atoms with Gasteiger partial charge in [-0.15, -0.1) is 0 Å². The predicted octanol–water partition coefficient (Wildman–Crippen LogP) is 3.85. The maximum Gasteiger partial charge on any atom is 0.410 e. The van der Waals surface area contributed by atoms with Crippen LogP contribution in [0.2, 0.25) is 0 Å². The van der Waals surface area contributed by atoms with Crippen molar-refractivity contribution < 1.29 is 23.8 Å². The Morgan fingerprint density at radius 3 is 2.77 bits per heavy atom. The van der Waals surface area contributed by atoms with Gasteiger partial charge in [-0.3, -0.25) is 0 Å². The molecular formula is C22H23BrN2O5. The molecule has 2 aromatic carbocycles. The fraction of sp³-hybridized carbons (Fsp3) is 0.364. The molecule has 0 aliphatic carbocycles. The minimum absolute atomic E-state index is 0.128. The Hall–Kier alpha value is -2.74. The Bertz CT molecular complexity index is 937. The van der Waals surface area contributed by atoms with E-state index in [-0.39, 0.29) is 18.7 Å². The van der Waals surface area contributed by atoms with E-state index in [0.29, 0.717) is 42.0 Å². The molecule has 0 N–H and O–H groups in total. The van der Waals surface area contributed by atoms with Crippen molar-refractivity contribution in [3.63, 3.8) is 0 Å². The third kappa shape index (κ3) is 4.23. The van der Waals surface area contributed by atoms with Crippen LogP contribution < -0.4 is 9.64 Å². The van der Waals surface area contributed by atoms with Gasteiger partial charge in [0.2, 0.25) is 0 Å². The molecule has 8 heteroatoms. The molecule has 1 unspecified atom stereocenters. The molecule has 7 nitrogen and oxygen atoms in total. The van der Waals surface area contributed by atoms with E-state index in [2.05, 4.69) is 20.8 Å². The Morgan fingerprint density at radius 1 is 1.20 bits per heavy atom. The Labute approximate surface area is 183 Å². The number of ether oxygens (including phenoxy) is 3. The smallest absolute Gasteiger partial charge is 0.410 e. The summed E-state index contributed by atoms with van der Waals surface area (Å²) >= 11 is 3.42. The number of halogens is 1. The van der Waals surface area contributed by atoms with Crippen molar-refractivity contribution >= 4 is 33.7 Å². The standard InChI is InChI=1S/C22H23BrN2O5/c1-28-21(26)17-11-19-20(12-18(17)23)29-10-9-25(19)16-7-8-24(13-16)22(27)30-14-15-5-3-2-4-6-15/h2-6,11-12,16H,7-10,13-14H2,1H3. The number of hydrogen-bond acceptors (Lipinski definition) is 6. The molecule has 4 rings (SSSR count). The summed E-state index contributed by atoms with van der Waals surface area (Å²) in [5.74, 6) is 0.304. The molecule has 1 fully saturated rings.